The normalized spacial score (nSPS) is 11.3. The van der Waals surface area contributed by atoms with Crippen LogP contribution in [0.15, 0.2) is 91.4 Å². The molecule has 0 saturated carbocycles. The van der Waals surface area contributed by atoms with Crippen molar-refractivity contribution < 1.29 is 4.39 Å². The number of pyridine rings is 1. The summed E-state index contributed by atoms with van der Waals surface area (Å²) in [7, 11) is 0. The maximum atomic E-state index is 13.9. The van der Waals surface area contributed by atoms with E-state index in [0.717, 1.165) is 74.1 Å². The van der Waals surface area contributed by atoms with Crippen molar-refractivity contribution in [2.45, 2.75) is 19.8 Å². The summed E-state index contributed by atoms with van der Waals surface area (Å²) in [6.45, 7) is 6.22. The molecule has 3 aromatic heterocycles. The molecular weight excluding hydrogens is 463 g/mol. The number of para-hydroxylation sites is 1. The van der Waals surface area contributed by atoms with Crippen LogP contribution in [0.25, 0.3) is 55.7 Å². The molecule has 6 rings (SSSR count). The highest BCUT2D eigenvalue weighted by molar-refractivity contribution is 5.98. The van der Waals surface area contributed by atoms with Gasteiger partial charge in [-0.25, -0.2) is 9.37 Å². The number of anilines is 1. The molecule has 0 radical (unpaired) electrons. The summed E-state index contributed by atoms with van der Waals surface area (Å²) in [4.78, 5) is 12.7. The Labute approximate surface area is 213 Å². The molecule has 7 heteroatoms. The van der Waals surface area contributed by atoms with Gasteiger partial charge in [0.25, 0.3) is 0 Å². The highest BCUT2D eigenvalue weighted by Crippen LogP contribution is 2.33. The first kappa shape index (κ1) is 22.7. The Bertz CT molecular complexity index is 1760. The van der Waals surface area contributed by atoms with E-state index in [4.69, 9.17) is 4.98 Å². The average Bonchev–Trinajstić information content (AvgIpc) is 3.52. The van der Waals surface area contributed by atoms with Gasteiger partial charge in [-0.15, -0.1) is 0 Å². The van der Waals surface area contributed by atoms with Gasteiger partial charge in [-0.2, -0.15) is 5.10 Å². The van der Waals surface area contributed by atoms with Gasteiger partial charge in [0.1, 0.15) is 11.5 Å². The first-order valence-electron chi connectivity index (χ1n) is 12.2. The number of H-pyrrole nitrogens is 2. The molecule has 3 N–H and O–H groups in total. The summed E-state index contributed by atoms with van der Waals surface area (Å²) in [6.07, 6.45) is 5.59. The van der Waals surface area contributed by atoms with Gasteiger partial charge in [0.15, 0.2) is 5.82 Å². The lowest BCUT2D eigenvalue weighted by molar-refractivity contribution is 0.628. The van der Waals surface area contributed by atoms with Crippen LogP contribution in [0.2, 0.25) is 0 Å². The second kappa shape index (κ2) is 9.35. The number of allylic oxidation sites excluding steroid dienone is 1. The minimum absolute atomic E-state index is 0.278. The number of imidazole rings is 1. The molecule has 182 valence electrons. The molecule has 0 aliphatic carbocycles. The molecule has 3 heterocycles. The summed E-state index contributed by atoms with van der Waals surface area (Å²) in [5.41, 5.74) is 8.78. The van der Waals surface area contributed by atoms with E-state index in [1.807, 2.05) is 42.6 Å². The Hall–Kier alpha value is -4.78. The molecule has 0 atom stereocenters. The molecule has 6 nitrogen and oxygen atoms in total. The predicted molar refractivity (Wildman–Crippen MR) is 147 cm³/mol. The zero-order chi connectivity index (χ0) is 25.4. The van der Waals surface area contributed by atoms with Gasteiger partial charge in [0.2, 0.25) is 0 Å². The molecule has 0 unspecified atom stereocenters. The first-order chi connectivity index (χ1) is 18.1. The van der Waals surface area contributed by atoms with Crippen molar-refractivity contribution in [3.05, 3.63) is 97.2 Å². The Morgan fingerprint density at radius 3 is 2.70 bits per heavy atom. The van der Waals surface area contributed by atoms with Crippen molar-refractivity contribution in [2.24, 2.45) is 0 Å². The third kappa shape index (κ3) is 4.36. The van der Waals surface area contributed by atoms with E-state index in [-0.39, 0.29) is 5.82 Å². The van der Waals surface area contributed by atoms with Crippen LogP contribution in [0, 0.1) is 5.82 Å². The van der Waals surface area contributed by atoms with Gasteiger partial charge >= 0.3 is 0 Å². The summed E-state index contributed by atoms with van der Waals surface area (Å²) >= 11 is 0. The standard InChI is InChI=1S/C30H25FN6/c1-3-6-18(2)33-23-14-21(16-32-17-23)19-11-12-26-25(15-19)29(37-36-26)30-34-27-10-5-9-24(28(27)35-30)20-7-4-8-22(31)13-20/h4-5,7-17,33H,2-3,6H2,1H3,(H,34,35)(H,36,37). The Morgan fingerprint density at radius 2 is 1.84 bits per heavy atom. The highest BCUT2D eigenvalue weighted by Gasteiger charge is 2.16. The molecule has 0 spiro atoms. The summed E-state index contributed by atoms with van der Waals surface area (Å²) in [6, 6.07) is 20.6. The van der Waals surface area contributed by atoms with Crippen LogP contribution in [-0.4, -0.2) is 25.1 Å². The molecule has 3 aromatic carbocycles. The van der Waals surface area contributed by atoms with Crippen LogP contribution < -0.4 is 5.32 Å². The number of benzene rings is 3. The van der Waals surface area contributed by atoms with Crippen LogP contribution in [0.1, 0.15) is 19.8 Å². The van der Waals surface area contributed by atoms with Crippen molar-refractivity contribution in [3.63, 3.8) is 0 Å². The summed E-state index contributed by atoms with van der Waals surface area (Å²) < 4.78 is 13.9. The number of rotatable bonds is 7. The lowest BCUT2D eigenvalue weighted by Crippen LogP contribution is -1.98. The average molecular weight is 489 g/mol. The molecule has 6 aromatic rings. The molecule has 37 heavy (non-hydrogen) atoms. The second-order valence-electron chi connectivity index (χ2n) is 9.07. The molecule has 0 aliphatic rings. The van der Waals surface area contributed by atoms with Crippen LogP contribution in [0.4, 0.5) is 10.1 Å². The fourth-order valence-corrected chi connectivity index (χ4v) is 4.64. The van der Waals surface area contributed by atoms with Crippen LogP contribution in [0.5, 0.6) is 0 Å². The fraction of sp³-hybridized carbons (Fsp3) is 0.100. The van der Waals surface area contributed by atoms with Crippen molar-refractivity contribution in [1.82, 2.24) is 25.1 Å². The predicted octanol–water partition coefficient (Wildman–Crippen LogP) is 7.70. The van der Waals surface area contributed by atoms with Crippen molar-refractivity contribution in [3.8, 4) is 33.8 Å². The number of hydrogen-bond acceptors (Lipinski definition) is 4. The van der Waals surface area contributed by atoms with Gasteiger partial charge < -0.3 is 10.3 Å². The van der Waals surface area contributed by atoms with Gasteiger partial charge in [-0.05, 0) is 53.9 Å². The minimum Gasteiger partial charge on any atom is -0.358 e. The first-order valence-corrected chi connectivity index (χ1v) is 12.2. The zero-order valence-corrected chi connectivity index (χ0v) is 20.3. The van der Waals surface area contributed by atoms with E-state index in [1.165, 1.54) is 12.1 Å². The van der Waals surface area contributed by atoms with E-state index in [9.17, 15) is 4.39 Å². The molecule has 0 saturated heterocycles. The van der Waals surface area contributed by atoms with E-state index in [2.05, 4.69) is 51.1 Å². The number of nitrogens with zero attached hydrogens (tertiary/aromatic N) is 3. The van der Waals surface area contributed by atoms with Crippen molar-refractivity contribution >= 4 is 27.6 Å². The Kier molecular flexibility index (Phi) is 5.73. The zero-order valence-electron chi connectivity index (χ0n) is 20.3. The van der Waals surface area contributed by atoms with Gasteiger partial charge in [0.05, 0.1) is 28.4 Å². The lowest BCUT2D eigenvalue weighted by Gasteiger charge is -2.10. The fourth-order valence-electron chi connectivity index (χ4n) is 4.64. The molecule has 0 fully saturated rings. The maximum absolute atomic E-state index is 13.9. The highest BCUT2D eigenvalue weighted by atomic mass is 19.1. The minimum atomic E-state index is -0.278. The van der Waals surface area contributed by atoms with Crippen LogP contribution >= 0.6 is 0 Å². The number of fused-ring (bicyclic) bond motifs is 2. The number of halogens is 1. The van der Waals surface area contributed by atoms with E-state index in [0.29, 0.717) is 5.82 Å². The van der Waals surface area contributed by atoms with Gasteiger partial charge in [-0.1, -0.05) is 50.3 Å². The summed E-state index contributed by atoms with van der Waals surface area (Å²) in [5.74, 6) is 0.367. The monoisotopic (exact) mass is 488 g/mol. The molecule has 0 aliphatic heterocycles. The smallest absolute Gasteiger partial charge is 0.159 e. The molecular formula is C30H25FN6. The van der Waals surface area contributed by atoms with Gasteiger partial charge in [0, 0.05) is 28.4 Å². The lowest BCUT2D eigenvalue weighted by atomic mass is 10.0. The van der Waals surface area contributed by atoms with E-state index < -0.39 is 0 Å². The number of nitrogens with one attached hydrogen (secondary N) is 3. The van der Waals surface area contributed by atoms with Crippen LogP contribution in [-0.2, 0) is 0 Å². The maximum Gasteiger partial charge on any atom is 0.159 e. The van der Waals surface area contributed by atoms with Crippen molar-refractivity contribution in [2.75, 3.05) is 5.32 Å². The second-order valence-corrected chi connectivity index (χ2v) is 9.07. The molecule has 0 bridgehead atoms. The Morgan fingerprint density at radius 1 is 0.946 bits per heavy atom. The van der Waals surface area contributed by atoms with Crippen LogP contribution in [0.3, 0.4) is 0 Å². The number of aromatic amines is 2. The number of aromatic nitrogens is 5. The summed E-state index contributed by atoms with van der Waals surface area (Å²) in [5, 5.41) is 12.0. The third-order valence-corrected chi connectivity index (χ3v) is 6.38. The topological polar surface area (TPSA) is 82.3 Å². The SMILES string of the molecule is C=C(CCC)Nc1cncc(-c2ccc3[nH]nc(-c4nc5c(-c6cccc(F)c6)cccc5[nH]4)c3c2)c1. The third-order valence-electron chi connectivity index (χ3n) is 6.38. The van der Waals surface area contributed by atoms with Crippen molar-refractivity contribution in [1.29, 1.82) is 0 Å². The Balaban J connectivity index is 1.40. The van der Waals surface area contributed by atoms with E-state index in [1.54, 1.807) is 12.3 Å². The number of hydrogen-bond donors (Lipinski definition) is 3. The largest absolute Gasteiger partial charge is 0.358 e. The molecule has 0 amide bonds. The van der Waals surface area contributed by atoms with E-state index >= 15 is 0 Å². The van der Waals surface area contributed by atoms with Gasteiger partial charge in [-0.3, -0.25) is 10.1 Å². The quantitative estimate of drug-likeness (QED) is 0.215.